The second-order valence-electron chi connectivity index (χ2n) is 4.69. The van der Waals surface area contributed by atoms with Gasteiger partial charge in [0.15, 0.2) is 0 Å². The van der Waals surface area contributed by atoms with E-state index in [0.717, 1.165) is 11.9 Å². The van der Waals surface area contributed by atoms with Crippen LogP contribution < -0.4 is 10.9 Å². The van der Waals surface area contributed by atoms with Gasteiger partial charge in [-0.3, -0.25) is 0 Å². The fraction of sp³-hybridized carbons (Fsp3) is 0.118. The van der Waals surface area contributed by atoms with Gasteiger partial charge in [0.2, 0.25) is 0 Å². The van der Waals surface area contributed by atoms with Gasteiger partial charge in [-0.05, 0) is 17.7 Å². The lowest BCUT2D eigenvalue weighted by molar-refractivity contribution is 0.541. The smallest absolute Gasteiger partial charge is 0.340 e. The van der Waals surface area contributed by atoms with Crippen molar-refractivity contribution in [1.82, 2.24) is 5.32 Å². The summed E-state index contributed by atoms with van der Waals surface area (Å²) in [4.78, 5) is 11.9. The normalized spacial score (nSPS) is 10.8. The summed E-state index contributed by atoms with van der Waals surface area (Å²) >= 11 is 0. The van der Waals surface area contributed by atoms with Crippen LogP contribution in [0.15, 0.2) is 69.9 Å². The third-order valence-corrected chi connectivity index (χ3v) is 3.20. The van der Waals surface area contributed by atoms with Crippen LogP contribution in [0.1, 0.15) is 11.1 Å². The lowest BCUT2D eigenvalue weighted by Gasteiger charge is -2.05. The Bertz CT molecular complexity index is 763. The molecule has 0 aliphatic heterocycles. The van der Waals surface area contributed by atoms with Crippen LogP contribution >= 0.6 is 0 Å². The van der Waals surface area contributed by atoms with Crippen molar-refractivity contribution >= 4 is 11.0 Å². The summed E-state index contributed by atoms with van der Waals surface area (Å²) in [6.07, 6.45) is 0. The first-order valence-corrected chi connectivity index (χ1v) is 6.59. The zero-order valence-electron chi connectivity index (χ0n) is 11.0. The fourth-order valence-corrected chi connectivity index (χ4v) is 2.17. The van der Waals surface area contributed by atoms with Crippen molar-refractivity contribution in [2.75, 3.05) is 0 Å². The van der Waals surface area contributed by atoms with E-state index in [1.807, 2.05) is 42.5 Å². The van der Waals surface area contributed by atoms with Crippen molar-refractivity contribution < 1.29 is 4.42 Å². The molecule has 0 saturated carbocycles. The first kappa shape index (κ1) is 12.6. The molecule has 3 rings (SSSR count). The first-order chi connectivity index (χ1) is 9.83. The molecule has 0 atom stereocenters. The molecule has 0 spiro atoms. The number of para-hydroxylation sites is 1. The zero-order valence-corrected chi connectivity index (χ0v) is 11.0. The Labute approximate surface area is 116 Å². The SMILES string of the molecule is O=c1oc2ccccc2cc1CNCc1ccccc1. The van der Waals surface area contributed by atoms with Crippen LogP contribution in [0, 0.1) is 0 Å². The average molecular weight is 265 g/mol. The molecule has 0 saturated heterocycles. The first-order valence-electron chi connectivity index (χ1n) is 6.59. The maximum atomic E-state index is 11.9. The van der Waals surface area contributed by atoms with Gasteiger partial charge in [0.05, 0.1) is 5.56 Å². The van der Waals surface area contributed by atoms with Gasteiger partial charge in [-0.15, -0.1) is 0 Å². The maximum Gasteiger partial charge on any atom is 0.340 e. The molecule has 100 valence electrons. The van der Waals surface area contributed by atoms with Gasteiger partial charge in [0.1, 0.15) is 5.58 Å². The molecule has 3 aromatic rings. The predicted octanol–water partition coefficient (Wildman–Crippen LogP) is 3.08. The Morgan fingerprint density at radius 3 is 2.50 bits per heavy atom. The van der Waals surface area contributed by atoms with Gasteiger partial charge in [-0.25, -0.2) is 4.79 Å². The van der Waals surface area contributed by atoms with Crippen LogP contribution in [0.5, 0.6) is 0 Å². The van der Waals surface area contributed by atoms with Crippen molar-refractivity contribution in [3.8, 4) is 0 Å². The van der Waals surface area contributed by atoms with Gasteiger partial charge in [-0.2, -0.15) is 0 Å². The molecule has 1 N–H and O–H groups in total. The Kier molecular flexibility index (Phi) is 3.61. The van der Waals surface area contributed by atoms with Crippen LogP contribution in [0.4, 0.5) is 0 Å². The monoisotopic (exact) mass is 265 g/mol. The van der Waals surface area contributed by atoms with Crippen molar-refractivity contribution in [3.63, 3.8) is 0 Å². The maximum absolute atomic E-state index is 11.9. The number of nitrogens with one attached hydrogen (secondary N) is 1. The van der Waals surface area contributed by atoms with E-state index < -0.39 is 0 Å². The molecular formula is C17H15NO2. The summed E-state index contributed by atoms with van der Waals surface area (Å²) < 4.78 is 5.30. The van der Waals surface area contributed by atoms with E-state index in [0.29, 0.717) is 17.7 Å². The van der Waals surface area contributed by atoms with Gasteiger partial charge in [0.25, 0.3) is 0 Å². The molecular weight excluding hydrogens is 250 g/mol. The molecule has 1 heterocycles. The summed E-state index contributed by atoms with van der Waals surface area (Å²) in [7, 11) is 0. The molecule has 0 fully saturated rings. The third-order valence-electron chi connectivity index (χ3n) is 3.20. The quantitative estimate of drug-likeness (QED) is 0.737. The van der Waals surface area contributed by atoms with E-state index in [2.05, 4.69) is 17.4 Å². The van der Waals surface area contributed by atoms with E-state index in [-0.39, 0.29) is 5.63 Å². The van der Waals surface area contributed by atoms with Crippen molar-refractivity contribution in [2.45, 2.75) is 13.1 Å². The summed E-state index contributed by atoms with van der Waals surface area (Å²) in [6, 6.07) is 19.5. The summed E-state index contributed by atoms with van der Waals surface area (Å²) in [6.45, 7) is 1.23. The second kappa shape index (κ2) is 5.72. The number of hydrogen-bond acceptors (Lipinski definition) is 3. The van der Waals surface area contributed by atoms with Crippen molar-refractivity contribution in [1.29, 1.82) is 0 Å². The molecule has 2 aromatic carbocycles. The Morgan fingerprint density at radius 1 is 0.900 bits per heavy atom. The van der Waals surface area contributed by atoms with E-state index in [4.69, 9.17) is 4.42 Å². The highest BCUT2D eigenvalue weighted by molar-refractivity contribution is 5.76. The summed E-state index contributed by atoms with van der Waals surface area (Å²) in [5, 5.41) is 4.21. The highest BCUT2D eigenvalue weighted by Gasteiger charge is 2.04. The summed E-state index contributed by atoms with van der Waals surface area (Å²) in [5.41, 5.74) is 2.20. The Balaban J connectivity index is 1.74. The molecule has 0 amide bonds. The van der Waals surface area contributed by atoms with Gasteiger partial charge in [-0.1, -0.05) is 48.5 Å². The number of benzene rings is 2. The minimum atomic E-state index is -0.274. The van der Waals surface area contributed by atoms with Gasteiger partial charge >= 0.3 is 5.63 Å². The van der Waals surface area contributed by atoms with E-state index in [1.165, 1.54) is 5.56 Å². The molecule has 0 aliphatic carbocycles. The van der Waals surface area contributed by atoms with Crippen LogP contribution in [0.3, 0.4) is 0 Å². The van der Waals surface area contributed by atoms with E-state index in [1.54, 1.807) is 6.07 Å². The topological polar surface area (TPSA) is 42.2 Å². The van der Waals surface area contributed by atoms with Gasteiger partial charge in [0, 0.05) is 18.5 Å². The molecule has 3 nitrogen and oxygen atoms in total. The predicted molar refractivity (Wildman–Crippen MR) is 79.5 cm³/mol. The van der Waals surface area contributed by atoms with Crippen LogP contribution in [-0.2, 0) is 13.1 Å². The second-order valence-corrected chi connectivity index (χ2v) is 4.69. The molecule has 1 aromatic heterocycles. The minimum absolute atomic E-state index is 0.274. The number of fused-ring (bicyclic) bond motifs is 1. The van der Waals surface area contributed by atoms with Crippen LogP contribution in [0.25, 0.3) is 11.0 Å². The molecule has 0 aliphatic rings. The highest BCUT2D eigenvalue weighted by atomic mass is 16.4. The largest absolute Gasteiger partial charge is 0.422 e. The van der Waals surface area contributed by atoms with Crippen LogP contribution in [0.2, 0.25) is 0 Å². The molecule has 0 unspecified atom stereocenters. The lowest BCUT2D eigenvalue weighted by Crippen LogP contribution is -2.18. The Morgan fingerprint density at radius 2 is 1.65 bits per heavy atom. The third kappa shape index (κ3) is 2.78. The Hall–Kier alpha value is -2.39. The van der Waals surface area contributed by atoms with Gasteiger partial charge < -0.3 is 9.73 Å². The highest BCUT2D eigenvalue weighted by Crippen LogP contribution is 2.12. The van der Waals surface area contributed by atoms with Crippen molar-refractivity contribution in [2.24, 2.45) is 0 Å². The van der Waals surface area contributed by atoms with E-state index in [9.17, 15) is 4.79 Å². The zero-order chi connectivity index (χ0) is 13.8. The average Bonchev–Trinajstić information content (AvgIpc) is 2.49. The number of rotatable bonds is 4. The minimum Gasteiger partial charge on any atom is -0.422 e. The van der Waals surface area contributed by atoms with Crippen molar-refractivity contribution in [3.05, 3.63) is 82.2 Å². The summed E-state index contributed by atoms with van der Waals surface area (Å²) in [5.74, 6) is 0. The molecule has 0 bridgehead atoms. The molecule has 3 heteroatoms. The van der Waals surface area contributed by atoms with E-state index >= 15 is 0 Å². The number of hydrogen-bond donors (Lipinski definition) is 1. The van der Waals surface area contributed by atoms with Crippen LogP contribution in [-0.4, -0.2) is 0 Å². The lowest BCUT2D eigenvalue weighted by atomic mass is 10.2. The molecule has 0 radical (unpaired) electrons. The standard InChI is InChI=1S/C17H15NO2/c19-17-15(10-14-8-4-5-9-16(14)20-17)12-18-11-13-6-2-1-3-7-13/h1-10,18H,11-12H2. The molecule has 20 heavy (non-hydrogen) atoms. The fourth-order valence-electron chi connectivity index (χ4n) is 2.17.